The number of carbonyl (C=O) groups excluding carboxylic acids is 1. The number of nitrogens with zero attached hydrogens (tertiary/aromatic N) is 5. The van der Waals surface area contributed by atoms with Gasteiger partial charge in [-0.05, 0) is 43.5 Å². The Morgan fingerprint density at radius 2 is 2.12 bits per heavy atom. The average Bonchev–Trinajstić information content (AvgIpc) is 3.09. The second-order valence-corrected chi connectivity index (χ2v) is 5.77. The number of likely N-dealkylation sites (tertiary alicyclic amines) is 1. The van der Waals surface area contributed by atoms with Gasteiger partial charge in [-0.2, -0.15) is 10.3 Å². The van der Waals surface area contributed by atoms with Crippen molar-refractivity contribution in [3.63, 3.8) is 0 Å². The Hall–Kier alpha value is -2.90. The second kappa shape index (κ2) is 5.95. The number of carbonyl (C=O) groups is 1. The molecule has 1 N–H and O–H groups in total. The number of halogens is 1. The van der Waals surface area contributed by atoms with Gasteiger partial charge in [0.05, 0.1) is 17.9 Å². The highest BCUT2D eigenvalue weighted by Gasteiger charge is 2.30. The summed E-state index contributed by atoms with van der Waals surface area (Å²) in [5.74, 6) is -0.554. The summed E-state index contributed by atoms with van der Waals surface area (Å²) in [6.45, 7) is 0.626. The third kappa shape index (κ3) is 2.60. The standard InChI is InChI=1S/C16H15FN6O/c17-10-4-5-11(18-9-10)14-3-1-2-8-23(14)16(24)13-7-6-12-15(19-13)21-22-20-12/h4-7,9,14H,1-3,8H2,(H,19,20,21,22)/t14-/m1/s1. The third-order valence-electron chi connectivity index (χ3n) is 4.26. The van der Waals surface area contributed by atoms with Crippen molar-refractivity contribution in [1.29, 1.82) is 0 Å². The maximum atomic E-state index is 13.1. The van der Waals surface area contributed by atoms with Crippen LogP contribution >= 0.6 is 0 Å². The van der Waals surface area contributed by atoms with Gasteiger partial charge < -0.3 is 4.90 Å². The molecule has 1 saturated heterocycles. The first-order valence-electron chi connectivity index (χ1n) is 7.82. The lowest BCUT2D eigenvalue weighted by Crippen LogP contribution is -2.39. The zero-order valence-electron chi connectivity index (χ0n) is 12.8. The first-order chi connectivity index (χ1) is 11.7. The van der Waals surface area contributed by atoms with E-state index in [4.69, 9.17) is 0 Å². The topological polar surface area (TPSA) is 87.7 Å². The van der Waals surface area contributed by atoms with Crippen LogP contribution in [-0.4, -0.2) is 42.7 Å². The fraction of sp³-hybridized carbons (Fsp3) is 0.312. The Bertz CT molecular complexity index is 878. The summed E-state index contributed by atoms with van der Waals surface area (Å²) < 4.78 is 13.1. The molecule has 4 rings (SSSR count). The number of H-pyrrole nitrogens is 1. The lowest BCUT2D eigenvalue weighted by molar-refractivity contribution is 0.0600. The van der Waals surface area contributed by atoms with Crippen molar-refractivity contribution < 1.29 is 9.18 Å². The molecule has 122 valence electrons. The minimum absolute atomic E-state index is 0.165. The van der Waals surface area contributed by atoms with Crippen LogP contribution in [0.2, 0.25) is 0 Å². The van der Waals surface area contributed by atoms with Gasteiger partial charge in [0.1, 0.15) is 17.0 Å². The number of amides is 1. The monoisotopic (exact) mass is 326 g/mol. The number of pyridine rings is 2. The van der Waals surface area contributed by atoms with Gasteiger partial charge in [-0.1, -0.05) is 0 Å². The molecule has 3 aromatic heterocycles. The van der Waals surface area contributed by atoms with Gasteiger partial charge in [0, 0.05) is 6.54 Å². The molecule has 0 spiro atoms. The Morgan fingerprint density at radius 1 is 1.21 bits per heavy atom. The van der Waals surface area contributed by atoms with Crippen molar-refractivity contribution in [2.75, 3.05) is 6.54 Å². The van der Waals surface area contributed by atoms with Crippen LogP contribution in [0.5, 0.6) is 0 Å². The van der Waals surface area contributed by atoms with E-state index in [0.717, 1.165) is 19.3 Å². The Labute approximate surface area is 136 Å². The van der Waals surface area contributed by atoms with Gasteiger partial charge >= 0.3 is 0 Å². The molecule has 8 heteroatoms. The first kappa shape index (κ1) is 14.7. The summed E-state index contributed by atoms with van der Waals surface area (Å²) in [6.07, 6.45) is 3.92. The van der Waals surface area contributed by atoms with Crippen LogP contribution in [0.15, 0.2) is 30.5 Å². The van der Waals surface area contributed by atoms with Crippen molar-refractivity contribution in [2.24, 2.45) is 0 Å². The number of fused-ring (bicyclic) bond motifs is 1. The molecule has 1 aliphatic heterocycles. The molecular formula is C16H15FN6O. The minimum Gasteiger partial charge on any atom is -0.329 e. The van der Waals surface area contributed by atoms with Gasteiger partial charge in [-0.3, -0.25) is 9.78 Å². The zero-order chi connectivity index (χ0) is 16.5. The number of aromatic nitrogens is 5. The van der Waals surface area contributed by atoms with E-state index in [2.05, 4.69) is 25.4 Å². The minimum atomic E-state index is -0.384. The van der Waals surface area contributed by atoms with Gasteiger partial charge in [0.15, 0.2) is 0 Å². The van der Waals surface area contributed by atoms with Crippen LogP contribution in [-0.2, 0) is 0 Å². The van der Waals surface area contributed by atoms with Crippen molar-refractivity contribution in [2.45, 2.75) is 25.3 Å². The quantitative estimate of drug-likeness (QED) is 0.780. The lowest BCUT2D eigenvalue weighted by atomic mass is 9.98. The molecular weight excluding hydrogens is 311 g/mol. The Morgan fingerprint density at radius 3 is 2.96 bits per heavy atom. The molecule has 0 aliphatic carbocycles. The largest absolute Gasteiger partial charge is 0.329 e. The molecule has 4 heterocycles. The zero-order valence-corrected chi connectivity index (χ0v) is 12.8. The molecule has 0 unspecified atom stereocenters. The maximum absolute atomic E-state index is 13.1. The van der Waals surface area contributed by atoms with Crippen LogP contribution < -0.4 is 0 Å². The van der Waals surface area contributed by atoms with Crippen molar-refractivity contribution in [3.05, 3.63) is 47.7 Å². The van der Waals surface area contributed by atoms with Crippen LogP contribution in [0.25, 0.3) is 11.2 Å². The van der Waals surface area contributed by atoms with Gasteiger partial charge in [0.25, 0.3) is 5.91 Å². The number of aromatic amines is 1. The molecule has 0 aromatic carbocycles. The molecule has 24 heavy (non-hydrogen) atoms. The molecule has 1 atom stereocenters. The normalized spacial score (nSPS) is 18.0. The van der Waals surface area contributed by atoms with Crippen molar-refractivity contribution >= 4 is 17.1 Å². The Balaban J connectivity index is 1.66. The van der Waals surface area contributed by atoms with Gasteiger partial charge in [-0.15, -0.1) is 5.10 Å². The molecule has 1 aliphatic rings. The van der Waals surface area contributed by atoms with Gasteiger partial charge in [-0.25, -0.2) is 9.37 Å². The fourth-order valence-electron chi connectivity index (χ4n) is 3.07. The van der Waals surface area contributed by atoms with E-state index in [1.807, 2.05) is 0 Å². The fourth-order valence-corrected chi connectivity index (χ4v) is 3.07. The van der Waals surface area contributed by atoms with Crippen LogP contribution in [0.1, 0.15) is 41.5 Å². The van der Waals surface area contributed by atoms with Crippen molar-refractivity contribution in [3.8, 4) is 0 Å². The van der Waals surface area contributed by atoms with Crippen LogP contribution in [0.3, 0.4) is 0 Å². The number of hydrogen-bond donors (Lipinski definition) is 1. The number of rotatable bonds is 2. The van der Waals surface area contributed by atoms with Crippen LogP contribution in [0, 0.1) is 5.82 Å². The molecule has 3 aromatic rings. The predicted octanol–water partition coefficient (Wildman–Crippen LogP) is 2.25. The SMILES string of the molecule is O=C(c1ccc2n[nH]nc2n1)N1CCCC[C@@H]1c1ccc(F)cn1. The molecule has 0 saturated carbocycles. The predicted molar refractivity (Wildman–Crippen MR) is 83.5 cm³/mol. The van der Waals surface area contributed by atoms with E-state index in [1.54, 1.807) is 23.1 Å². The number of piperidine rings is 1. The summed E-state index contributed by atoms with van der Waals surface area (Å²) in [4.78, 5) is 23.1. The second-order valence-electron chi connectivity index (χ2n) is 5.77. The third-order valence-corrected chi connectivity index (χ3v) is 4.26. The molecule has 1 amide bonds. The summed E-state index contributed by atoms with van der Waals surface area (Å²) in [5.41, 5.74) is 2.05. The highest BCUT2D eigenvalue weighted by molar-refractivity contribution is 5.94. The Kier molecular flexibility index (Phi) is 3.64. The summed E-state index contributed by atoms with van der Waals surface area (Å²) in [7, 11) is 0. The average molecular weight is 326 g/mol. The molecule has 1 fully saturated rings. The maximum Gasteiger partial charge on any atom is 0.273 e. The summed E-state index contributed by atoms with van der Waals surface area (Å²) in [6, 6.07) is 6.21. The summed E-state index contributed by atoms with van der Waals surface area (Å²) >= 11 is 0. The van der Waals surface area contributed by atoms with E-state index in [-0.39, 0.29) is 17.8 Å². The van der Waals surface area contributed by atoms with E-state index in [1.165, 1.54) is 12.3 Å². The van der Waals surface area contributed by atoms with Crippen molar-refractivity contribution in [1.82, 2.24) is 30.3 Å². The summed E-state index contributed by atoms with van der Waals surface area (Å²) in [5, 5.41) is 10.3. The number of nitrogens with one attached hydrogen (secondary N) is 1. The highest BCUT2D eigenvalue weighted by atomic mass is 19.1. The lowest BCUT2D eigenvalue weighted by Gasteiger charge is -2.35. The van der Waals surface area contributed by atoms with Gasteiger partial charge in [0.2, 0.25) is 5.65 Å². The van der Waals surface area contributed by atoms with E-state index in [0.29, 0.717) is 29.1 Å². The van der Waals surface area contributed by atoms with E-state index in [9.17, 15) is 9.18 Å². The highest BCUT2D eigenvalue weighted by Crippen LogP contribution is 2.31. The number of hydrogen-bond acceptors (Lipinski definition) is 5. The molecule has 0 bridgehead atoms. The smallest absolute Gasteiger partial charge is 0.273 e. The van der Waals surface area contributed by atoms with Crippen LogP contribution in [0.4, 0.5) is 4.39 Å². The van der Waals surface area contributed by atoms with E-state index >= 15 is 0 Å². The molecule has 0 radical (unpaired) electrons. The van der Waals surface area contributed by atoms with E-state index < -0.39 is 0 Å². The molecule has 7 nitrogen and oxygen atoms in total. The first-order valence-corrected chi connectivity index (χ1v) is 7.82.